The van der Waals surface area contributed by atoms with Crippen LogP contribution in [0.15, 0.2) is 372 Å². The van der Waals surface area contributed by atoms with Crippen LogP contribution in [0.4, 0.5) is 5.69 Å². The molecule has 0 amide bonds. The molecule has 0 aliphatic heterocycles. The van der Waals surface area contributed by atoms with Crippen LogP contribution >= 0.6 is 22.7 Å². The van der Waals surface area contributed by atoms with E-state index in [0.717, 1.165) is 87.4 Å². The summed E-state index contributed by atoms with van der Waals surface area (Å²) < 4.78 is 7.75. The molecule has 5 N–H and O–H groups in total. The van der Waals surface area contributed by atoms with Gasteiger partial charge in [0.15, 0.2) is 28.9 Å². The number of allylic oxidation sites excluding steroid dienone is 10. The Bertz CT molecular complexity index is 7150. The van der Waals surface area contributed by atoms with Crippen molar-refractivity contribution in [1.82, 2.24) is 34.9 Å². The second-order valence-electron chi connectivity index (χ2n) is 30.0. The summed E-state index contributed by atoms with van der Waals surface area (Å²) in [4.78, 5) is 95.7. The molecule has 27 heteroatoms. The van der Waals surface area contributed by atoms with Crippen molar-refractivity contribution in [3.05, 3.63) is 398 Å². The van der Waals surface area contributed by atoms with E-state index in [2.05, 4.69) is 194 Å². The van der Waals surface area contributed by atoms with Crippen LogP contribution < -0.4 is 10.5 Å². The van der Waals surface area contributed by atoms with E-state index in [1.807, 2.05) is 171 Å². The molecule has 0 atom stereocenters. The molecule has 19 rings (SSSR count). The van der Waals surface area contributed by atoms with Crippen LogP contribution in [0.25, 0.3) is 151 Å². The van der Waals surface area contributed by atoms with Gasteiger partial charge >= 0.3 is 0 Å². The molecule has 0 unspecified atom stereocenters. The van der Waals surface area contributed by atoms with Crippen LogP contribution in [0.3, 0.4) is 0 Å². The van der Waals surface area contributed by atoms with Gasteiger partial charge in [-0.15, -0.1) is 76.5 Å². The number of carbonyl (C=O) groups excluding carboxylic acids is 5. The Labute approximate surface area is 875 Å². The van der Waals surface area contributed by atoms with Gasteiger partial charge in [-0.2, -0.15) is 34.3 Å². The fourth-order valence-corrected chi connectivity index (χ4v) is 15.1. The molecule has 0 saturated heterocycles. The maximum Gasteiger partial charge on any atom is 0.269 e. The van der Waals surface area contributed by atoms with E-state index in [-0.39, 0.29) is 158 Å². The van der Waals surface area contributed by atoms with Crippen LogP contribution in [0.5, 0.6) is 0 Å². The molecule has 0 fully saturated rings. The van der Waals surface area contributed by atoms with Gasteiger partial charge in [0, 0.05) is 201 Å². The Morgan fingerprint density at radius 1 is 0.362 bits per heavy atom. The van der Waals surface area contributed by atoms with Crippen molar-refractivity contribution in [2.45, 2.75) is 69.2 Å². The number of aromatic nitrogens is 7. The number of aliphatic hydroxyl groups is 5. The van der Waals surface area contributed by atoms with E-state index in [4.69, 9.17) is 34.9 Å². The first kappa shape index (κ1) is 115. The maximum atomic E-state index is 12.3. The summed E-state index contributed by atoms with van der Waals surface area (Å²) in [6.45, 7) is 14.2. The van der Waals surface area contributed by atoms with E-state index in [9.17, 15) is 28.8 Å². The van der Waals surface area contributed by atoms with Gasteiger partial charge in [-0.1, -0.05) is 192 Å². The van der Waals surface area contributed by atoms with Crippen molar-refractivity contribution in [2.75, 3.05) is 19.0 Å². The minimum atomic E-state index is -0.410. The summed E-state index contributed by atoms with van der Waals surface area (Å²) in [6.07, 6.45) is 16.7. The molecule has 138 heavy (non-hydrogen) atoms. The number of pyridine rings is 5. The van der Waals surface area contributed by atoms with Gasteiger partial charge in [-0.25, -0.2) is 0 Å². The quantitative estimate of drug-likeness (QED) is 0.0348. The average molecular weight is 2760 g/mol. The fourth-order valence-electron chi connectivity index (χ4n) is 13.2. The zero-order valence-corrected chi connectivity index (χ0v) is 90.5. The molecule has 20 nitrogen and oxygen atoms in total. The summed E-state index contributed by atoms with van der Waals surface area (Å²) >= 11 is 3.19. The smallest absolute Gasteiger partial charge is 0.269 e. The number of fused-ring (bicyclic) bond motifs is 9. The second kappa shape index (κ2) is 58.4. The number of hydrogen-bond donors (Lipinski definition) is 5. The van der Waals surface area contributed by atoms with E-state index in [1.165, 1.54) is 164 Å². The van der Waals surface area contributed by atoms with E-state index in [0.29, 0.717) is 16.2 Å². The average Bonchev–Trinajstić information content (AvgIpc) is 1.46. The molecule has 8 aromatic heterocycles. The number of para-hydroxylation sites is 2. The summed E-state index contributed by atoms with van der Waals surface area (Å²) in [6, 6.07) is 103. The minimum absolute atomic E-state index is 0. The predicted octanol–water partition coefficient (Wildman–Crippen LogP) is 26.4. The van der Waals surface area contributed by atoms with Crippen LogP contribution in [-0.4, -0.2) is 103 Å². The molecule has 11 aromatic carbocycles. The largest absolute Gasteiger partial charge is 0.512 e. The monoisotopic (exact) mass is 2760 g/mol. The first-order valence-corrected chi connectivity index (χ1v) is 43.4. The van der Waals surface area contributed by atoms with Crippen LogP contribution in [0.2, 0.25) is 0 Å². The second-order valence-corrected chi connectivity index (χ2v) is 32.1. The number of benzene rings is 11. The van der Waals surface area contributed by atoms with Gasteiger partial charge < -0.3 is 44.8 Å². The maximum absolute atomic E-state index is 12.3. The number of nitrogens with zero attached hydrogens (tertiary/aromatic N) is 8. The molecule has 5 radical (unpaired) electrons. The molecular weight excluding hydrogens is 2660 g/mol. The van der Waals surface area contributed by atoms with Gasteiger partial charge in [0.05, 0.1) is 61.8 Å². The molecule has 8 heterocycles. The minimum Gasteiger partial charge on any atom is -0.512 e. The van der Waals surface area contributed by atoms with Crippen LogP contribution in [-0.2, 0) is 124 Å². The van der Waals surface area contributed by atoms with Crippen molar-refractivity contribution in [1.29, 1.82) is 0 Å². The molecule has 0 aliphatic rings. The number of anilines is 1. The summed E-state index contributed by atoms with van der Waals surface area (Å²) in [5, 5.41) is 58.5. The van der Waals surface area contributed by atoms with Gasteiger partial charge in [-0.3, -0.25) is 53.7 Å². The fraction of sp³-hybridized carbons (Fsp3) is 0.108. The number of hydrogen-bond acceptors (Lipinski definition) is 22. The molecule has 713 valence electrons. The molecule has 0 bridgehead atoms. The molecule has 0 saturated carbocycles. The number of ketones is 5. The van der Waals surface area contributed by atoms with E-state index < -0.39 is 5.63 Å². The molecule has 0 spiro atoms. The zero-order chi connectivity index (χ0) is 95.5. The number of thiazole rings is 2. The number of aliphatic hydroxyl groups excluding tert-OH is 5. The van der Waals surface area contributed by atoms with Crippen molar-refractivity contribution < 1.29 is 154 Å². The van der Waals surface area contributed by atoms with Crippen LogP contribution in [0, 0.1) is 24.3 Å². The van der Waals surface area contributed by atoms with E-state index in [1.54, 1.807) is 23.7 Å². The van der Waals surface area contributed by atoms with Gasteiger partial charge in [-0.05, 0) is 185 Å². The standard InChI is InChI=1S/C19H12N.C18H13N2O2S.C18H12N2.C17H10NS.C14H9N2.5C5H8O2.5Ir/c1-2-7-16-13-17(10-9-14(16)5-1)19-18-8-4-3-6-15(18)11-12-20-19;1-20(2)12-8-7-11-9-13(18(21)22-15(11)10-12)17-19-14-5-3-4-6-16(14)23-17;1-2-7-15-12-20-17(11-14(15)6-1)18-16-8-4-3-5-13(16)9-10-19-18;1-2-8-13-12(6-1)7-5-9-14(13)17-18-15-10-3-4-11-16(15)19-17;1-2-4-13-11(3-1)7-10-16-14(13)12-5-8-15-9-6-12;5*1-4(6)3-5(2)7;;;;;/h1-9,11-13H;3-8,10H,1-2H3;1-12H;1-8,10-11H;1-5,7-10H;5*3,6H,1-2H3;;;;;/q2*-1;;2*-1;;;;;;;;;;. The third-order valence-electron chi connectivity index (χ3n) is 18.7. The van der Waals surface area contributed by atoms with Gasteiger partial charge in [0.2, 0.25) is 0 Å². The molecule has 19 aromatic rings. The predicted molar refractivity (Wildman–Crippen MR) is 541 cm³/mol. The summed E-state index contributed by atoms with van der Waals surface area (Å²) in [5.74, 6) is -0.312. The third kappa shape index (κ3) is 35.7. The Balaban J connectivity index is 0.000000279. The van der Waals surface area contributed by atoms with Crippen molar-refractivity contribution in [3.63, 3.8) is 0 Å². The SMILES string of the molecule is CC(=O)C=C(C)O.CC(=O)C=C(C)O.CC(=O)C=C(C)O.CC(=O)C=C(C)O.CC(=O)C=C(C)O.CN(C)c1ccc2[c-]c(-c3nc4ccccc4s3)c(=O)oc2c1.[Ir].[Ir].[Ir].[Ir].[Ir].[c-]1cc2ccccc2cc1-c1nccc2ccccc12.[c-]1ccc2ccccc2c1-c1nc2ccccc2s1.[c-]1cnccc1-c1nccc2ccccc12.c1ccc2cc(-c3nccc4ccccc34)ncc2c1. The Kier molecular flexibility index (Phi) is 48.8. The normalized spacial score (nSPS) is 10.7. The van der Waals surface area contributed by atoms with Crippen molar-refractivity contribution >= 4 is 153 Å². The first-order valence-electron chi connectivity index (χ1n) is 41.7. The van der Waals surface area contributed by atoms with Crippen molar-refractivity contribution in [3.8, 4) is 55.0 Å². The van der Waals surface area contributed by atoms with Gasteiger partial charge in [0.25, 0.3) is 5.63 Å². The Morgan fingerprint density at radius 3 is 1.17 bits per heavy atom. The summed E-state index contributed by atoms with van der Waals surface area (Å²) in [5.41, 5.74) is 10.3. The van der Waals surface area contributed by atoms with Crippen molar-refractivity contribution in [2.24, 2.45) is 0 Å². The third-order valence-corrected chi connectivity index (χ3v) is 20.8. The Morgan fingerprint density at radius 2 is 0.746 bits per heavy atom. The summed E-state index contributed by atoms with van der Waals surface area (Å²) in [7, 11) is 3.89. The number of carbonyl (C=O) groups is 5. The topological polar surface area (TPSA) is 310 Å². The molecular formula is C111H96Ir5N8O12S2-4. The van der Waals surface area contributed by atoms with Gasteiger partial charge in [0.1, 0.15) is 0 Å². The number of rotatable bonds is 11. The first-order chi connectivity index (χ1) is 63.9. The Hall–Kier alpha value is -13.2. The van der Waals surface area contributed by atoms with Crippen LogP contribution in [0.1, 0.15) is 69.2 Å². The van der Waals surface area contributed by atoms with E-state index >= 15 is 0 Å². The zero-order valence-electron chi connectivity index (χ0n) is 76.9. The molecule has 0 aliphatic carbocycles.